The highest BCUT2D eigenvalue weighted by atomic mass is 16.7. The van der Waals surface area contributed by atoms with Crippen LogP contribution >= 0.6 is 0 Å². The van der Waals surface area contributed by atoms with Gasteiger partial charge < -0.3 is 14.4 Å². The minimum atomic E-state index is -0.493. The van der Waals surface area contributed by atoms with Gasteiger partial charge in [-0.1, -0.05) is 48.5 Å². The van der Waals surface area contributed by atoms with Crippen molar-refractivity contribution in [1.82, 2.24) is 14.7 Å². The molecule has 5 rings (SSSR count). The van der Waals surface area contributed by atoms with Crippen molar-refractivity contribution in [3.05, 3.63) is 72.4 Å². The van der Waals surface area contributed by atoms with Crippen LogP contribution in [0.4, 0.5) is 0 Å². The molecule has 0 radical (unpaired) electrons. The van der Waals surface area contributed by atoms with E-state index in [1.165, 1.54) is 0 Å². The van der Waals surface area contributed by atoms with Crippen molar-refractivity contribution in [2.75, 3.05) is 26.3 Å². The molecule has 6 nitrogen and oxygen atoms in total. The van der Waals surface area contributed by atoms with E-state index in [9.17, 15) is 4.79 Å². The van der Waals surface area contributed by atoms with Crippen LogP contribution in [-0.4, -0.2) is 52.7 Å². The summed E-state index contributed by atoms with van der Waals surface area (Å²) in [6, 6.07) is 19.7. The van der Waals surface area contributed by atoms with Crippen LogP contribution in [0.25, 0.3) is 16.9 Å². The van der Waals surface area contributed by atoms with Crippen LogP contribution in [0.1, 0.15) is 23.2 Å². The van der Waals surface area contributed by atoms with Gasteiger partial charge in [-0.15, -0.1) is 0 Å². The zero-order valence-electron chi connectivity index (χ0n) is 16.2. The Balaban J connectivity index is 1.47. The predicted molar refractivity (Wildman–Crippen MR) is 109 cm³/mol. The van der Waals surface area contributed by atoms with Gasteiger partial charge >= 0.3 is 0 Å². The second-order valence-electron chi connectivity index (χ2n) is 7.44. The third-order valence-corrected chi connectivity index (χ3v) is 5.64. The molecule has 0 bridgehead atoms. The van der Waals surface area contributed by atoms with Gasteiger partial charge in [0.1, 0.15) is 5.69 Å². The number of carbonyl (C=O) groups is 1. The Hall–Kier alpha value is -2.96. The van der Waals surface area contributed by atoms with Gasteiger partial charge in [-0.2, -0.15) is 5.10 Å². The average molecular weight is 389 g/mol. The highest BCUT2D eigenvalue weighted by molar-refractivity contribution is 6.00. The van der Waals surface area contributed by atoms with Crippen LogP contribution in [0.15, 0.2) is 66.9 Å². The maximum Gasteiger partial charge on any atom is 0.257 e. The van der Waals surface area contributed by atoms with Crippen molar-refractivity contribution in [1.29, 1.82) is 0 Å². The fraction of sp³-hybridized carbons (Fsp3) is 0.304. The third-order valence-electron chi connectivity index (χ3n) is 5.64. The van der Waals surface area contributed by atoms with Crippen LogP contribution in [0.3, 0.4) is 0 Å². The molecule has 2 aliphatic rings. The normalized spacial score (nSPS) is 18.3. The van der Waals surface area contributed by atoms with Crippen LogP contribution in [-0.2, 0) is 9.47 Å². The van der Waals surface area contributed by atoms with Crippen molar-refractivity contribution < 1.29 is 14.3 Å². The number of nitrogens with zero attached hydrogens (tertiary/aromatic N) is 3. The van der Waals surface area contributed by atoms with Crippen LogP contribution in [0.2, 0.25) is 0 Å². The van der Waals surface area contributed by atoms with Crippen molar-refractivity contribution in [2.24, 2.45) is 0 Å². The summed E-state index contributed by atoms with van der Waals surface area (Å²) in [6.07, 6.45) is 3.24. The van der Waals surface area contributed by atoms with Gasteiger partial charge in [0.05, 0.1) is 24.5 Å². The van der Waals surface area contributed by atoms with E-state index in [1.54, 1.807) is 4.68 Å². The van der Waals surface area contributed by atoms with E-state index in [1.807, 2.05) is 71.8 Å². The number of carbonyl (C=O) groups excluding carboxylic acids is 1. The van der Waals surface area contributed by atoms with Crippen LogP contribution in [0, 0.1) is 0 Å². The number of hydrogen-bond acceptors (Lipinski definition) is 4. The van der Waals surface area contributed by atoms with E-state index < -0.39 is 5.79 Å². The molecule has 2 aliphatic heterocycles. The first-order valence-electron chi connectivity index (χ1n) is 10.0. The molecule has 3 aromatic rings. The minimum Gasteiger partial charge on any atom is -0.347 e. The quantitative estimate of drug-likeness (QED) is 0.688. The summed E-state index contributed by atoms with van der Waals surface area (Å²) in [5.74, 6) is -0.494. The largest absolute Gasteiger partial charge is 0.347 e. The second kappa shape index (κ2) is 7.46. The maximum absolute atomic E-state index is 13.4. The summed E-state index contributed by atoms with van der Waals surface area (Å²) >= 11 is 0. The Morgan fingerprint density at radius 2 is 1.52 bits per heavy atom. The molecule has 3 heterocycles. The summed E-state index contributed by atoms with van der Waals surface area (Å²) in [5, 5.41) is 4.76. The van der Waals surface area contributed by atoms with Gasteiger partial charge in [0.15, 0.2) is 5.79 Å². The van der Waals surface area contributed by atoms with Gasteiger partial charge in [0.2, 0.25) is 0 Å². The van der Waals surface area contributed by atoms with E-state index >= 15 is 0 Å². The molecule has 148 valence electrons. The fourth-order valence-electron chi connectivity index (χ4n) is 4.06. The third kappa shape index (κ3) is 3.45. The van der Waals surface area contributed by atoms with Crippen molar-refractivity contribution in [3.63, 3.8) is 0 Å². The molecule has 0 saturated carbocycles. The molecule has 1 spiro atoms. The number of likely N-dealkylation sites (tertiary alicyclic amines) is 1. The molecule has 2 fully saturated rings. The van der Waals surface area contributed by atoms with Crippen molar-refractivity contribution in [3.8, 4) is 16.9 Å². The van der Waals surface area contributed by atoms with Gasteiger partial charge in [-0.3, -0.25) is 4.79 Å². The number of amides is 1. The topological polar surface area (TPSA) is 56.6 Å². The summed E-state index contributed by atoms with van der Waals surface area (Å²) in [5.41, 5.74) is 3.17. The highest BCUT2D eigenvalue weighted by Crippen LogP contribution is 2.33. The molecule has 0 aliphatic carbocycles. The van der Waals surface area contributed by atoms with E-state index in [2.05, 4.69) is 0 Å². The lowest BCUT2D eigenvalue weighted by Gasteiger charge is -2.37. The van der Waals surface area contributed by atoms with Gasteiger partial charge in [0.25, 0.3) is 5.91 Å². The Bertz CT molecular complexity index is 985. The molecule has 2 aromatic carbocycles. The number of para-hydroxylation sites is 1. The summed E-state index contributed by atoms with van der Waals surface area (Å²) in [6.45, 7) is 2.50. The number of hydrogen-bond donors (Lipinski definition) is 0. The molecule has 6 heteroatoms. The minimum absolute atomic E-state index is 0.00104. The highest BCUT2D eigenvalue weighted by Gasteiger charge is 2.41. The number of rotatable bonds is 3. The summed E-state index contributed by atoms with van der Waals surface area (Å²) in [7, 11) is 0. The number of benzene rings is 2. The molecular formula is C23H23N3O3. The number of aromatic nitrogens is 2. The van der Waals surface area contributed by atoms with Gasteiger partial charge in [-0.25, -0.2) is 4.68 Å². The number of piperidine rings is 1. The van der Waals surface area contributed by atoms with Crippen LogP contribution in [0.5, 0.6) is 0 Å². The molecule has 2 saturated heterocycles. The molecule has 29 heavy (non-hydrogen) atoms. The van der Waals surface area contributed by atoms with E-state index in [0.717, 1.165) is 11.3 Å². The Morgan fingerprint density at radius 1 is 0.897 bits per heavy atom. The van der Waals surface area contributed by atoms with Crippen LogP contribution < -0.4 is 0 Å². The lowest BCUT2D eigenvalue weighted by Crippen LogP contribution is -2.47. The van der Waals surface area contributed by atoms with Gasteiger partial charge in [-0.05, 0) is 12.1 Å². The second-order valence-corrected chi connectivity index (χ2v) is 7.44. The predicted octanol–water partition coefficient (Wildman–Crippen LogP) is 3.52. The molecule has 1 aromatic heterocycles. The van der Waals surface area contributed by atoms with Crippen molar-refractivity contribution >= 4 is 5.91 Å². The smallest absolute Gasteiger partial charge is 0.257 e. The first-order chi connectivity index (χ1) is 14.2. The van der Waals surface area contributed by atoms with E-state index in [0.29, 0.717) is 50.4 Å². The lowest BCUT2D eigenvalue weighted by molar-refractivity contribution is -0.181. The zero-order valence-corrected chi connectivity index (χ0v) is 16.2. The molecule has 0 N–H and O–H groups in total. The van der Waals surface area contributed by atoms with Gasteiger partial charge in [0, 0.05) is 37.7 Å². The Labute approximate surface area is 169 Å². The maximum atomic E-state index is 13.4. The zero-order chi connectivity index (χ0) is 19.7. The lowest BCUT2D eigenvalue weighted by atomic mass is 10.0. The number of ether oxygens (including phenoxy) is 2. The van der Waals surface area contributed by atoms with E-state index in [4.69, 9.17) is 14.6 Å². The molecule has 0 unspecified atom stereocenters. The SMILES string of the molecule is O=C(c1cn(-c2ccccc2)nc1-c1ccccc1)N1CCC2(CC1)OCCO2. The van der Waals surface area contributed by atoms with Crippen molar-refractivity contribution in [2.45, 2.75) is 18.6 Å². The molecule has 1 amide bonds. The first kappa shape index (κ1) is 18.1. The fourth-order valence-corrected chi connectivity index (χ4v) is 4.06. The average Bonchev–Trinajstić information content (AvgIpc) is 3.43. The summed E-state index contributed by atoms with van der Waals surface area (Å²) in [4.78, 5) is 15.3. The Kier molecular flexibility index (Phi) is 4.66. The molecule has 0 atom stereocenters. The van der Waals surface area contributed by atoms with E-state index in [-0.39, 0.29) is 5.91 Å². The first-order valence-corrected chi connectivity index (χ1v) is 10.0. The monoisotopic (exact) mass is 389 g/mol. The molecular weight excluding hydrogens is 366 g/mol. The standard InChI is InChI=1S/C23H23N3O3/c27-22(25-13-11-23(12-14-25)28-15-16-29-23)20-17-26(19-9-5-2-6-10-19)24-21(20)18-7-3-1-4-8-18/h1-10,17H,11-16H2. The summed E-state index contributed by atoms with van der Waals surface area (Å²) < 4.78 is 13.4. The Morgan fingerprint density at radius 3 is 2.17 bits per heavy atom.